The minimum absolute atomic E-state index is 0.0758. The molecule has 0 aliphatic carbocycles. The Hall–Kier alpha value is -3.22. The third-order valence-corrected chi connectivity index (χ3v) is 4.20. The molecule has 0 aromatic heterocycles. The average Bonchev–Trinajstić information content (AvgIpc) is 2.86. The number of hydrogen-bond acceptors (Lipinski definition) is 6. The second kappa shape index (κ2) is 8.44. The number of carbonyl (C=O) groups is 2. The zero-order valence-corrected chi connectivity index (χ0v) is 15.3. The van der Waals surface area contributed by atoms with Gasteiger partial charge in [-0.25, -0.2) is 4.79 Å². The number of rotatable bonds is 6. The molecule has 0 saturated heterocycles. The molecule has 3 rings (SSSR count). The van der Waals surface area contributed by atoms with E-state index in [1.807, 2.05) is 18.2 Å². The van der Waals surface area contributed by atoms with Crippen molar-refractivity contribution in [3.8, 4) is 17.2 Å². The lowest BCUT2D eigenvalue weighted by molar-refractivity contribution is -0.142. The van der Waals surface area contributed by atoms with Gasteiger partial charge in [0.05, 0.1) is 26.3 Å². The van der Waals surface area contributed by atoms with Crippen molar-refractivity contribution >= 4 is 11.9 Å². The van der Waals surface area contributed by atoms with Crippen LogP contribution in [-0.4, -0.2) is 50.8 Å². The molecular formula is C20H21NO6. The second-order valence-electron chi connectivity index (χ2n) is 5.92. The number of para-hydroxylation sites is 1. The maximum atomic E-state index is 12.8. The van der Waals surface area contributed by atoms with Gasteiger partial charge in [-0.15, -0.1) is 0 Å². The van der Waals surface area contributed by atoms with E-state index in [0.717, 1.165) is 5.56 Å². The van der Waals surface area contributed by atoms with Crippen LogP contribution in [0.25, 0.3) is 0 Å². The van der Waals surface area contributed by atoms with Gasteiger partial charge in [-0.2, -0.15) is 0 Å². The zero-order chi connectivity index (χ0) is 19.2. The molecule has 27 heavy (non-hydrogen) atoms. The number of ether oxygens (including phenoxy) is 4. The van der Waals surface area contributed by atoms with E-state index in [0.29, 0.717) is 42.5 Å². The molecule has 0 bridgehead atoms. The van der Waals surface area contributed by atoms with Gasteiger partial charge >= 0.3 is 5.97 Å². The number of benzene rings is 2. The third kappa shape index (κ3) is 4.31. The number of carbonyl (C=O) groups excluding carboxylic acids is 2. The molecule has 7 nitrogen and oxygen atoms in total. The molecule has 0 unspecified atom stereocenters. The second-order valence-corrected chi connectivity index (χ2v) is 5.92. The predicted molar refractivity (Wildman–Crippen MR) is 97.2 cm³/mol. The number of esters is 1. The average molecular weight is 371 g/mol. The molecule has 0 N–H and O–H groups in total. The van der Waals surface area contributed by atoms with Crippen LogP contribution in [0.1, 0.15) is 15.9 Å². The molecule has 1 amide bonds. The lowest BCUT2D eigenvalue weighted by Crippen LogP contribution is -2.31. The summed E-state index contributed by atoms with van der Waals surface area (Å²) in [5.41, 5.74) is 1.44. The monoisotopic (exact) mass is 371 g/mol. The fraction of sp³-hybridized carbons (Fsp3) is 0.300. The van der Waals surface area contributed by atoms with E-state index in [-0.39, 0.29) is 12.5 Å². The maximum absolute atomic E-state index is 12.8. The largest absolute Gasteiger partial charge is 0.493 e. The Morgan fingerprint density at radius 3 is 2.74 bits per heavy atom. The van der Waals surface area contributed by atoms with Crippen LogP contribution in [0, 0.1) is 0 Å². The van der Waals surface area contributed by atoms with Crippen LogP contribution in [0.4, 0.5) is 0 Å². The number of fused-ring (bicyclic) bond motifs is 1. The van der Waals surface area contributed by atoms with Crippen LogP contribution < -0.4 is 14.2 Å². The third-order valence-electron chi connectivity index (χ3n) is 4.20. The van der Waals surface area contributed by atoms with E-state index >= 15 is 0 Å². The van der Waals surface area contributed by atoms with E-state index in [4.69, 9.17) is 14.2 Å². The van der Waals surface area contributed by atoms with Crippen molar-refractivity contribution in [1.82, 2.24) is 4.90 Å². The lowest BCUT2D eigenvalue weighted by atomic mass is 10.1. The highest BCUT2D eigenvalue weighted by atomic mass is 16.6. The highest BCUT2D eigenvalue weighted by Gasteiger charge is 2.23. The van der Waals surface area contributed by atoms with Gasteiger partial charge in [0.25, 0.3) is 5.91 Å². The Bertz CT molecular complexity index is 835. The molecule has 0 fully saturated rings. The smallest absolute Gasteiger partial charge is 0.343 e. The van der Waals surface area contributed by atoms with Gasteiger partial charge in [-0.1, -0.05) is 18.2 Å². The Kier molecular flexibility index (Phi) is 5.80. The summed E-state index contributed by atoms with van der Waals surface area (Å²) in [5, 5.41) is 0. The molecule has 2 aromatic carbocycles. The summed E-state index contributed by atoms with van der Waals surface area (Å²) in [6.45, 7) is 1.12. The molecule has 0 spiro atoms. The van der Waals surface area contributed by atoms with Crippen LogP contribution in [0.2, 0.25) is 0 Å². The van der Waals surface area contributed by atoms with Crippen molar-refractivity contribution in [3.63, 3.8) is 0 Å². The summed E-state index contributed by atoms with van der Waals surface area (Å²) in [6.07, 6.45) is 0. The Morgan fingerprint density at radius 2 is 1.96 bits per heavy atom. The Balaban J connectivity index is 1.75. The number of hydrogen-bond donors (Lipinski definition) is 0. The molecule has 1 aliphatic rings. The van der Waals surface area contributed by atoms with E-state index in [1.54, 1.807) is 29.2 Å². The molecule has 1 aliphatic heterocycles. The quantitative estimate of drug-likeness (QED) is 0.726. The van der Waals surface area contributed by atoms with Gasteiger partial charge in [0.2, 0.25) is 0 Å². The van der Waals surface area contributed by atoms with Gasteiger partial charge in [0.15, 0.2) is 18.1 Å². The number of amides is 1. The van der Waals surface area contributed by atoms with Crippen molar-refractivity contribution in [1.29, 1.82) is 0 Å². The first-order chi connectivity index (χ1) is 13.1. The minimum atomic E-state index is -0.477. The van der Waals surface area contributed by atoms with Gasteiger partial charge in [0.1, 0.15) is 12.4 Å². The Labute approximate surface area is 157 Å². The van der Waals surface area contributed by atoms with Crippen molar-refractivity contribution < 1.29 is 28.5 Å². The Morgan fingerprint density at radius 1 is 1.15 bits per heavy atom. The van der Waals surface area contributed by atoms with Crippen molar-refractivity contribution in [2.24, 2.45) is 0 Å². The maximum Gasteiger partial charge on any atom is 0.343 e. The fourth-order valence-electron chi connectivity index (χ4n) is 2.80. The van der Waals surface area contributed by atoms with E-state index in [9.17, 15) is 9.59 Å². The first-order valence-corrected chi connectivity index (χ1v) is 8.50. The standard InChI is InChI=1S/C20H21NO6/c1-24-18-11-14(7-8-17(18)27-13-19(22)25-2)12-21-9-10-26-16-6-4-3-5-15(16)20(21)23/h3-8,11H,9-10,12-13H2,1-2H3. The van der Waals surface area contributed by atoms with Crippen molar-refractivity contribution in [2.75, 3.05) is 34.0 Å². The van der Waals surface area contributed by atoms with Crippen LogP contribution in [-0.2, 0) is 16.1 Å². The highest BCUT2D eigenvalue weighted by Crippen LogP contribution is 2.29. The van der Waals surface area contributed by atoms with Gasteiger partial charge < -0.3 is 23.8 Å². The van der Waals surface area contributed by atoms with E-state index in [2.05, 4.69) is 4.74 Å². The van der Waals surface area contributed by atoms with Crippen molar-refractivity contribution in [2.45, 2.75) is 6.54 Å². The molecule has 0 atom stereocenters. The summed E-state index contributed by atoms with van der Waals surface area (Å²) in [6, 6.07) is 12.6. The van der Waals surface area contributed by atoms with E-state index in [1.165, 1.54) is 14.2 Å². The first-order valence-electron chi connectivity index (χ1n) is 8.50. The number of methoxy groups -OCH3 is 2. The summed E-state index contributed by atoms with van der Waals surface area (Å²) in [5.74, 6) is 0.968. The van der Waals surface area contributed by atoms with Crippen LogP contribution in [0.3, 0.4) is 0 Å². The normalized spacial score (nSPS) is 13.3. The van der Waals surface area contributed by atoms with Gasteiger partial charge in [-0.3, -0.25) is 4.79 Å². The molecule has 142 valence electrons. The summed E-state index contributed by atoms with van der Waals surface area (Å²) < 4.78 is 21.0. The zero-order valence-electron chi connectivity index (χ0n) is 15.3. The van der Waals surface area contributed by atoms with Crippen LogP contribution >= 0.6 is 0 Å². The fourth-order valence-corrected chi connectivity index (χ4v) is 2.80. The van der Waals surface area contributed by atoms with Crippen molar-refractivity contribution in [3.05, 3.63) is 53.6 Å². The van der Waals surface area contributed by atoms with Crippen LogP contribution in [0.5, 0.6) is 17.2 Å². The molecule has 1 heterocycles. The number of nitrogens with zero attached hydrogens (tertiary/aromatic N) is 1. The lowest BCUT2D eigenvalue weighted by Gasteiger charge is -2.21. The first kappa shape index (κ1) is 18.6. The SMILES string of the molecule is COC(=O)COc1ccc(CN2CCOc3ccccc3C2=O)cc1OC. The molecule has 2 aromatic rings. The molecular weight excluding hydrogens is 350 g/mol. The van der Waals surface area contributed by atoms with Gasteiger partial charge in [-0.05, 0) is 29.8 Å². The molecule has 0 radical (unpaired) electrons. The topological polar surface area (TPSA) is 74.3 Å². The van der Waals surface area contributed by atoms with Crippen LogP contribution in [0.15, 0.2) is 42.5 Å². The van der Waals surface area contributed by atoms with Gasteiger partial charge in [0, 0.05) is 6.54 Å². The minimum Gasteiger partial charge on any atom is -0.493 e. The highest BCUT2D eigenvalue weighted by molar-refractivity contribution is 5.97. The summed E-state index contributed by atoms with van der Waals surface area (Å²) in [4.78, 5) is 25.8. The summed E-state index contributed by atoms with van der Waals surface area (Å²) in [7, 11) is 2.82. The molecule has 7 heteroatoms. The summed E-state index contributed by atoms with van der Waals surface area (Å²) >= 11 is 0. The molecule has 0 saturated carbocycles. The predicted octanol–water partition coefficient (Wildman–Crippen LogP) is 2.28. The van der Waals surface area contributed by atoms with E-state index < -0.39 is 5.97 Å².